The van der Waals surface area contributed by atoms with Crippen LogP contribution < -0.4 is 5.69 Å². The highest BCUT2D eigenvalue weighted by atomic mass is 16.1. The lowest BCUT2D eigenvalue weighted by molar-refractivity contribution is 0.327. The van der Waals surface area contributed by atoms with Gasteiger partial charge in [0.2, 0.25) is 0 Å². The van der Waals surface area contributed by atoms with E-state index in [1.807, 2.05) is 6.20 Å². The Balaban J connectivity index is 2.83. The summed E-state index contributed by atoms with van der Waals surface area (Å²) in [7, 11) is 0. The van der Waals surface area contributed by atoms with Crippen molar-refractivity contribution in [1.29, 1.82) is 0 Å². The largest absolute Gasteiger partial charge is 0.325 e. The number of nitrogens with one attached hydrogen (secondary N) is 1. The highest BCUT2D eigenvalue weighted by Gasteiger charge is 2.15. The van der Waals surface area contributed by atoms with Crippen LogP contribution in [0, 0.1) is 5.92 Å². The number of imidazole rings is 1. The zero-order valence-electron chi connectivity index (χ0n) is 8.58. The molecule has 0 amide bonds. The number of nitrogens with zero attached hydrogens (tertiary/aromatic N) is 1. The quantitative estimate of drug-likeness (QED) is 0.761. The molecule has 1 aromatic heterocycles. The van der Waals surface area contributed by atoms with Crippen molar-refractivity contribution in [3.8, 4) is 0 Å². The van der Waals surface area contributed by atoms with Gasteiger partial charge in [0.15, 0.2) is 0 Å². The Morgan fingerprint density at radius 3 is 2.46 bits per heavy atom. The molecule has 0 fully saturated rings. The van der Waals surface area contributed by atoms with Crippen LogP contribution >= 0.6 is 0 Å². The van der Waals surface area contributed by atoms with E-state index in [0.29, 0.717) is 12.0 Å². The van der Waals surface area contributed by atoms with Crippen LogP contribution in [-0.2, 0) is 0 Å². The minimum Gasteiger partial charge on any atom is -0.313 e. The van der Waals surface area contributed by atoms with Crippen molar-refractivity contribution in [2.75, 3.05) is 0 Å². The number of H-pyrrole nitrogens is 1. The van der Waals surface area contributed by atoms with Gasteiger partial charge in [-0.25, -0.2) is 4.79 Å². The van der Waals surface area contributed by atoms with Crippen LogP contribution in [0.25, 0.3) is 0 Å². The Hall–Kier alpha value is -0.990. The lowest BCUT2D eigenvalue weighted by atomic mass is 9.95. The third-order valence-electron chi connectivity index (χ3n) is 2.85. The standard InChI is InChI=1S/C10H18N2O/c1-4-9(5-2)8(3)12-7-6-11-10(12)13/h6-9H,4-5H2,1-3H3,(H,11,13). The predicted molar refractivity (Wildman–Crippen MR) is 53.8 cm³/mol. The van der Waals surface area contributed by atoms with E-state index in [1.165, 1.54) is 0 Å². The Labute approximate surface area is 78.8 Å². The average molecular weight is 182 g/mol. The molecule has 1 unspecified atom stereocenters. The van der Waals surface area contributed by atoms with E-state index in [1.54, 1.807) is 10.8 Å². The SMILES string of the molecule is CCC(CC)C(C)n1cc[nH]c1=O. The molecule has 0 aliphatic rings. The molecule has 0 aliphatic carbocycles. The van der Waals surface area contributed by atoms with Crippen molar-refractivity contribution in [3.05, 3.63) is 22.9 Å². The number of aromatic nitrogens is 2. The molecule has 1 N–H and O–H groups in total. The normalized spacial score (nSPS) is 13.5. The van der Waals surface area contributed by atoms with Crippen molar-refractivity contribution in [3.63, 3.8) is 0 Å². The van der Waals surface area contributed by atoms with Crippen LogP contribution in [0.15, 0.2) is 17.2 Å². The number of aromatic amines is 1. The van der Waals surface area contributed by atoms with E-state index in [4.69, 9.17) is 0 Å². The second-order valence-electron chi connectivity index (χ2n) is 3.49. The van der Waals surface area contributed by atoms with Crippen molar-refractivity contribution in [2.24, 2.45) is 5.92 Å². The molecule has 0 aliphatic heterocycles. The fourth-order valence-electron chi connectivity index (χ4n) is 1.85. The third kappa shape index (κ3) is 2.02. The van der Waals surface area contributed by atoms with Gasteiger partial charge in [-0.2, -0.15) is 0 Å². The molecule has 0 saturated carbocycles. The zero-order valence-corrected chi connectivity index (χ0v) is 8.58. The molecule has 74 valence electrons. The zero-order chi connectivity index (χ0) is 9.84. The Morgan fingerprint density at radius 1 is 1.46 bits per heavy atom. The van der Waals surface area contributed by atoms with Gasteiger partial charge in [0.1, 0.15) is 0 Å². The van der Waals surface area contributed by atoms with Gasteiger partial charge >= 0.3 is 5.69 Å². The van der Waals surface area contributed by atoms with Crippen molar-refractivity contribution in [1.82, 2.24) is 9.55 Å². The maximum absolute atomic E-state index is 11.3. The molecule has 0 spiro atoms. The van der Waals surface area contributed by atoms with Crippen molar-refractivity contribution < 1.29 is 0 Å². The first-order chi connectivity index (χ1) is 6.20. The van der Waals surface area contributed by atoms with Crippen LogP contribution in [0.3, 0.4) is 0 Å². The number of hydrogen-bond donors (Lipinski definition) is 1. The van der Waals surface area contributed by atoms with E-state index in [0.717, 1.165) is 12.8 Å². The van der Waals surface area contributed by atoms with Gasteiger partial charge in [0, 0.05) is 18.4 Å². The van der Waals surface area contributed by atoms with E-state index in [-0.39, 0.29) is 5.69 Å². The molecule has 3 heteroatoms. The maximum Gasteiger partial charge on any atom is 0.325 e. The monoisotopic (exact) mass is 182 g/mol. The lowest BCUT2D eigenvalue weighted by Crippen LogP contribution is -2.24. The number of hydrogen-bond acceptors (Lipinski definition) is 1. The van der Waals surface area contributed by atoms with Crippen LogP contribution in [0.1, 0.15) is 39.7 Å². The molecule has 0 saturated heterocycles. The first-order valence-electron chi connectivity index (χ1n) is 4.96. The van der Waals surface area contributed by atoms with Crippen LogP contribution in [0.2, 0.25) is 0 Å². The second kappa shape index (κ2) is 4.30. The molecule has 0 bridgehead atoms. The van der Waals surface area contributed by atoms with Gasteiger partial charge < -0.3 is 4.98 Å². The Bertz CT molecular complexity index is 296. The summed E-state index contributed by atoms with van der Waals surface area (Å²) in [5.41, 5.74) is -0.000556. The molecule has 3 nitrogen and oxygen atoms in total. The second-order valence-corrected chi connectivity index (χ2v) is 3.49. The molecule has 0 radical (unpaired) electrons. The minimum atomic E-state index is -0.000556. The van der Waals surface area contributed by atoms with Gasteiger partial charge in [-0.1, -0.05) is 26.7 Å². The van der Waals surface area contributed by atoms with Gasteiger partial charge in [-0.3, -0.25) is 4.57 Å². The van der Waals surface area contributed by atoms with Gasteiger partial charge in [0.25, 0.3) is 0 Å². The summed E-state index contributed by atoms with van der Waals surface area (Å²) in [6.07, 6.45) is 5.76. The predicted octanol–water partition coefficient (Wildman–Crippen LogP) is 2.17. The topological polar surface area (TPSA) is 37.8 Å². The smallest absolute Gasteiger partial charge is 0.313 e. The third-order valence-corrected chi connectivity index (χ3v) is 2.85. The van der Waals surface area contributed by atoms with E-state index in [2.05, 4.69) is 25.8 Å². The van der Waals surface area contributed by atoms with Crippen LogP contribution in [-0.4, -0.2) is 9.55 Å². The maximum atomic E-state index is 11.3. The summed E-state index contributed by atoms with van der Waals surface area (Å²) >= 11 is 0. The van der Waals surface area contributed by atoms with Gasteiger partial charge in [-0.15, -0.1) is 0 Å². The number of rotatable bonds is 4. The fourth-order valence-corrected chi connectivity index (χ4v) is 1.85. The molecular formula is C10H18N2O. The molecule has 1 aromatic rings. The first-order valence-corrected chi connectivity index (χ1v) is 4.96. The molecular weight excluding hydrogens is 164 g/mol. The Kier molecular flexibility index (Phi) is 3.34. The summed E-state index contributed by atoms with van der Waals surface area (Å²) < 4.78 is 1.78. The molecule has 13 heavy (non-hydrogen) atoms. The summed E-state index contributed by atoms with van der Waals surface area (Å²) in [5.74, 6) is 0.591. The Morgan fingerprint density at radius 2 is 2.08 bits per heavy atom. The van der Waals surface area contributed by atoms with E-state index >= 15 is 0 Å². The van der Waals surface area contributed by atoms with Crippen molar-refractivity contribution in [2.45, 2.75) is 39.7 Å². The first kappa shape index (κ1) is 10.1. The van der Waals surface area contributed by atoms with Gasteiger partial charge in [-0.05, 0) is 12.8 Å². The van der Waals surface area contributed by atoms with Crippen LogP contribution in [0.5, 0.6) is 0 Å². The molecule has 0 aromatic carbocycles. The lowest BCUT2D eigenvalue weighted by Gasteiger charge is -2.21. The fraction of sp³-hybridized carbons (Fsp3) is 0.700. The van der Waals surface area contributed by atoms with E-state index < -0.39 is 0 Å². The van der Waals surface area contributed by atoms with Crippen LogP contribution in [0.4, 0.5) is 0 Å². The molecule has 1 heterocycles. The van der Waals surface area contributed by atoms with Gasteiger partial charge in [0.05, 0.1) is 0 Å². The van der Waals surface area contributed by atoms with E-state index in [9.17, 15) is 4.79 Å². The highest BCUT2D eigenvalue weighted by molar-refractivity contribution is 4.82. The summed E-state index contributed by atoms with van der Waals surface area (Å²) in [6, 6.07) is 0.300. The molecule has 1 atom stereocenters. The molecule has 1 rings (SSSR count). The average Bonchev–Trinajstić information content (AvgIpc) is 2.53. The summed E-state index contributed by atoms with van der Waals surface area (Å²) in [5, 5.41) is 0. The summed E-state index contributed by atoms with van der Waals surface area (Å²) in [6.45, 7) is 6.44. The summed E-state index contributed by atoms with van der Waals surface area (Å²) in [4.78, 5) is 14.0. The minimum absolute atomic E-state index is 0.000556. The van der Waals surface area contributed by atoms with Crippen molar-refractivity contribution >= 4 is 0 Å². The highest BCUT2D eigenvalue weighted by Crippen LogP contribution is 2.22.